The molecule has 1 heterocycles. The fourth-order valence-corrected chi connectivity index (χ4v) is 3.92. The van der Waals surface area contributed by atoms with Gasteiger partial charge in [0.15, 0.2) is 0 Å². The largest absolute Gasteiger partial charge is 0.496 e. The van der Waals surface area contributed by atoms with Crippen LogP contribution < -0.4 is 15.4 Å². The maximum atomic E-state index is 13.0. The number of methoxy groups -OCH3 is 1. The minimum absolute atomic E-state index is 0.0343. The fourth-order valence-electron chi connectivity index (χ4n) is 3.92. The molecule has 3 rings (SSSR count). The van der Waals surface area contributed by atoms with E-state index in [1.54, 1.807) is 7.11 Å². The van der Waals surface area contributed by atoms with Gasteiger partial charge in [0.05, 0.1) is 25.6 Å². The van der Waals surface area contributed by atoms with Crippen molar-refractivity contribution in [2.45, 2.75) is 57.5 Å². The van der Waals surface area contributed by atoms with Crippen molar-refractivity contribution in [2.24, 2.45) is 5.92 Å². The summed E-state index contributed by atoms with van der Waals surface area (Å²) in [5.41, 5.74) is 0.835. The van der Waals surface area contributed by atoms with Crippen LogP contribution in [0.15, 0.2) is 24.3 Å². The number of hydrogen-bond acceptors (Lipinski definition) is 4. The van der Waals surface area contributed by atoms with E-state index >= 15 is 0 Å². The van der Waals surface area contributed by atoms with E-state index in [9.17, 15) is 14.4 Å². The number of nitrogens with one attached hydrogen (secondary N) is 2. The molecule has 7 heteroatoms. The third-order valence-corrected chi connectivity index (χ3v) is 5.62. The number of benzene rings is 1. The van der Waals surface area contributed by atoms with E-state index in [-0.39, 0.29) is 30.3 Å². The molecule has 0 aromatic heterocycles. The molecule has 1 saturated heterocycles. The van der Waals surface area contributed by atoms with Crippen LogP contribution in [0.2, 0.25) is 0 Å². The highest BCUT2D eigenvalue weighted by atomic mass is 16.5. The molecule has 0 radical (unpaired) electrons. The third-order valence-electron chi connectivity index (χ3n) is 5.62. The quantitative estimate of drug-likeness (QED) is 0.664. The molecule has 1 aliphatic heterocycles. The van der Waals surface area contributed by atoms with Gasteiger partial charge in [0.2, 0.25) is 17.7 Å². The second-order valence-electron chi connectivity index (χ2n) is 7.83. The number of unbranched alkanes of at least 4 members (excludes halogenated alkanes) is 1. The summed E-state index contributed by atoms with van der Waals surface area (Å²) < 4.78 is 5.53. The van der Waals surface area contributed by atoms with Gasteiger partial charge in [-0.1, -0.05) is 31.5 Å². The minimum atomic E-state index is -0.422. The van der Waals surface area contributed by atoms with Crippen LogP contribution in [0.1, 0.15) is 57.1 Å². The molecule has 1 aromatic rings. The van der Waals surface area contributed by atoms with Crippen LogP contribution in [0, 0.1) is 5.92 Å². The Kier molecular flexibility index (Phi) is 7.12. The average molecular weight is 402 g/mol. The third kappa shape index (κ3) is 5.28. The summed E-state index contributed by atoms with van der Waals surface area (Å²) in [5, 5.41) is 5.66. The van der Waals surface area contributed by atoms with Gasteiger partial charge in [-0.25, -0.2) is 0 Å². The van der Waals surface area contributed by atoms with E-state index in [0.29, 0.717) is 25.1 Å². The summed E-state index contributed by atoms with van der Waals surface area (Å²) in [6.45, 7) is 2.65. The van der Waals surface area contributed by atoms with E-state index in [0.717, 1.165) is 31.2 Å². The second kappa shape index (κ2) is 9.76. The van der Waals surface area contributed by atoms with Crippen molar-refractivity contribution in [2.75, 3.05) is 20.2 Å². The molecule has 2 N–H and O–H groups in total. The smallest absolute Gasteiger partial charge is 0.239 e. The Labute approximate surface area is 172 Å². The molecule has 0 bridgehead atoms. The normalized spacial score (nSPS) is 21.6. The Balaban J connectivity index is 1.81. The summed E-state index contributed by atoms with van der Waals surface area (Å²) in [4.78, 5) is 39.6. The number of nitrogens with zero attached hydrogens (tertiary/aromatic N) is 1. The highest BCUT2D eigenvalue weighted by Gasteiger charge is 2.41. The van der Waals surface area contributed by atoms with Crippen LogP contribution in [0.4, 0.5) is 0 Å². The van der Waals surface area contributed by atoms with Crippen LogP contribution in [0.3, 0.4) is 0 Å². The molecule has 2 aliphatic rings. The van der Waals surface area contributed by atoms with Crippen LogP contribution in [0.5, 0.6) is 5.75 Å². The van der Waals surface area contributed by atoms with Crippen molar-refractivity contribution in [3.8, 4) is 5.75 Å². The molecule has 2 fully saturated rings. The molecule has 29 heavy (non-hydrogen) atoms. The van der Waals surface area contributed by atoms with Crippen LogP contribution in [-0.4, -0.2) is 48.9 Å². The highest BCUT2D eigenvalue weighted by Crippen LogP contribution is 2.40. The number of piperidine rings is 1. The van der Waals surface area contributed by atoms with Crippen LogP contribution in [-0.2, 0) is 14.4 Å². The monoisotopic (exact) mass is 401 g/mol. The van der Waals surface area contributed by atoms with Crippen LogP contribution in [0.25, 0.3) is 0 Å². The van der Waals surface area contributed by atoms with Crippen molar-refractivity contribution < 1.29 is 19.1 Å². The zero-order valence-electron chi connectivity index (χ0n) is 17.3. The molecule has 3 amide bonds. The minimum Gasteiger partial charge on any atom is -0.496 e. The average Bonchev–Trinajstić information content (AvgIpc) is 3.54. The number of carbonyl (C=O) groups excluding carboxylic acids is 3. The van der Waals surface area contributed by atoms with E-state index < -0.39 is 12.0 Å². The van der Waals surface area contributed by atoms with Crippen molar-refractivity contribution in [3.05, 3.63) is 29.8 Å². The number of rotatable bonds is 9. The van der Waals surface area contributed by atoms with Gasteiger partial charge in [0, 0.05) is 24.6 Å². The van der Waals surface area contributed by atoms with Gasteiger partial charge in [-0.05, 0) is 31.7 Å². The number of ether oxygens (including phenoxy) is 1. The summed E-state index contributed by atoms with van der Waals surface area (Å²) in [7, 11) is 1.59. The first-order chi connectivity index (χ1) is 14.0. The maximum absolute atomic E-state index is 13.0. The zero-order valence-corrected chi connectivity index (χ0v) is 17.3. The zero-order chi connectivity index (χ0) is 20.8. The summed E-state index contributed by atoms with van der Waals surface area (Å²) in [5.74, 6) is -0.0530. The lowest BCUT2D eigenvalue weighted by molar-refractivity contribution is -0.144. The topological polar surface area (TPSA) is 87.7 Å². The molecular formula is C22H31N3O4. The number of carbonyl (C=O) groups is 3. The first-order valence-electron chi connectivity index (χ1n) is 10.5. The molecule has 1 aromatic carbocycles. The molecule has 1 aliphatic carbocycles. The highest BCUT2D eigenvalue weighted by molar-refractivity contribution is 5.88. The number of hydrogen-bond donors (Lipinski definition) is 2. The molecule has 2 atom stereocenters. The van der Waals surface area contributed by atoms with Crippen molar-refractivity contribution >= 4 is 17.7 Å². The Morgan fingerprint density at radius 2 is 1.97 bits per heavy atom. The van der Waals surface area contributed by atoms with E-state index in [1.807, 2.05) is 29.2 Å². The van der Waals surface area contributed by atoms with Gasteiger partial charge in [-0.3, -0.25) is 14.4 Å². The lowest BCUT2D eigenvalue weighted by atomic mass is 9.83. The number of likely N-dealkylation sites (tertiary alicyclic amines) is 1. The van der Waals surface area contributed by atoms with Crippen LogP contribution >= 0.6 is 0 Å². The molecule has 158 valence electrons. The lowest BCUT2D eigenvalue weighted by Gasteiger charge is -2.41. The maximum Gasteiger partial charge on any atom is 0.239 e. The van der Waals surface area contributed by atoms with Gasteiger partial charge in [0.25, 0.3) is 0 Å². The summed E-state index contributed by atoms with van der Waals surface area (Å²) >= 11 is 0. The number of para-hydroxylation sites is 1. The second-order valence-corrected chi connectivity index (χ2v) is 7.83. The van der Waals surface area contributed by atoms with E-state index in [1.165, 1.54) is 0 Å². The molecular weight excluding hydrogens is 370 g/mol. The van der Waals surface area contributed by atoms with Crippen molar-refractivity contribution in [3.63, 3.8) is 0 Å². The SMILES string of the molecule is CCCCN1C(=O)CCC(C(=O)NCC(=O)NC2CC2)C1c1ccccc1OC. The summed E-state index contributed by atoms with van der Waals surface area (Å²) in [6, 6.07) is 7.40. The van der Waals surface area contributed by atoms with E-state index in [2.05, 4.69) is 17.6 Å². The van der Waals surface area contributed by atoms with Crippen molar-refractivity contribution in [1.82, 2.24) is 15.5 Å². The first kappa shape index (κ1) is 21.1. The Bertz CT molecular complexity index is 747. The molecule has 0 spiro atoms. The Hall–Kier alpha value is -2.57. The Morgan fingerprint density at radius 3 is 2.66 bits per heavy atom. The predicted octanol–water partition coefficient (Wildman–Crippen LogP) is 2.17. The standard InChI is InChI=1S/C22H31N3O4/c1-3-4-13-25-20(27)12-11-17(21(25)16-7-5-6-8-18(16)29-2)22(28)23-14-19(26)24-15-9-10-15/h5-8,15,17,21H,3-4,9-14H2,1-2H3,(H,23,28)(H,24,26). The van der Waals surface area contributed by atoms with Gasteiger partial charge < -0.3 is 20.3 Å². The molecule has 1 saturated carbocycles. The lowest BCUT2D eigenvalue weighted by Crippen LogP contribution is -2.49. The predicted molar refractivity (Wildman–Crippen MR) is 109 cm³/mol. The van der Waals surface area contributed by atoms with Gasteiger partial charge in [-0.2, -0.15) is 0 Å². The van der Waals surface area contributed by atoms with Gasteiger partial charge in [0.1, 0.15) is 5.75 Å². The van der Waals surface area contributed by atoms with Gasteiger partial charge in [-0.15, -0.1) is 0 Å². The summed E-state index contributed by atoms with van der Waals surface area (Å²) in [6.07, 6.45) is 4.64. The van der Waals surface area contributed by atoms with Crippen molar-refractivity contribution in [1.29, 1.82) is 0 Å². The van der Waals surface area contributed by atoms with E-state index in [4.69, 9.17) is 4.74 Å². The molecule has 2 unspecified atom stereocenters. The number of amides is 3. The Morgan fingerprint density at radius 1 is 1.21 bits per heavy atom. The fraction of sp³-hybridized carbons (Fsp3) is 0.591. The molecule has 7 nitrogen and oxygen atoms in total. The van der Waals surface area contributed by atoms with Gasteiger partial charge >= 0.3 is 0 Å². The first-order valence-corrected chi connectivity index (χ1v) is 10.5.